The quantitative estimate of drug-likeness (QED) is 0.353. The van der Waals surface area contributed by atoms with Crippen molar-refractivity contribution in [1.29, 1.82) is 0 Å². The minimum atomic E-state index is -3.71. The van der Waals surface area contributed by atoms with Crippen molar-refractivity contribution < 1.29 is 27.7 Å². The van der Waals surface area contributed by atoms with Crippen LogP contribution in [0.25, 0.3) is 0 Å². The fourth-order valence-corrected chi connectivity index (χ4v) is 3.80. The van der Waals surface area contributed by atoms with Gasteiger partial charge in [0.2, 0.25) is 15.9 Å². The minimum Gasteiger partial charge on any atom is -0.465 e. The maximum atomic E-state index is 12.3. The second-order valence-electron chi connectivity index (χ2n) is 6.79. The second-order valence-corrected chi connectivity index (χ2v) is 8.69. The molecule has 11 heteroatoms. The average Bonchev–Trinajstić information content (AvgIpc) is 2.71. The van der Waals surface area contributed by atoms with Crippen LogP contribution in [0.5, 0.6) is 0 Å². The summed E-state index contributed by atoms with van der Waals surface area (Å²) in [7, 11) is -2.46. The van der Waals surface area contributed by atoms with Gasteiger partial charge in [0.1, 0.15) is 0 Å². The fraction of sp³-hybridized carbons (Fsp3) is 0.300. The number of ether oxygens (including phenoxy) is 1. The number of anilines is 2. The molecule has 0 radical (unpaired) electrons. The largest absolute Gasteiger partial charge is 0.465 e. The topological polar surface area (TPSA) is 136 Å². The van der Waals surface area contributed by atoms with Crippen molar-refractivity contribution in [3.8, 4) is 0 Å². The summed E-state index contributed by atoms with van der Waals surface area (Å²) in [4.78, 5) is 34.4. The highest BCUT2D eigenvalue weighted by Crippen LogP contribution is 2.24. The molecule has 2 rings (SSSR count). The summed E-state index contributed by atoms with van der Waals surface area (Å²) in [6, 6.07) is 10.1. The van der Waals surface area contributed by atoms with E-state index >= 15 is 0 Å². The maximum absolute atomic E-state index is 12.3. The lowest BCUT2D eigenvalue weighted by molar-refractivity contribution is -0.384. The first-order valence-electron chi connectivity index (χ1n) is 9.24. The molecule has 0 heterocycles. The van der Waals surface area contributed by atoms with Crippen LogP contribution in [0.15, 0.2) is 42.5 Å². The lowest BCUT2D eigenvalue weighted by atomic mass is 10.1. The zero-order chi connectivity index (χ0) is 23.2. The van der Waals surface area contributed by atoms with E-state index in [-0.39, 0.29) is 42.2 Å². The van der Waals surface area contributed by atoms with Crippen LogP contribution in [0.1, 0.15) is 28.8 Å². The SMILES string of the molecule is COC(=O)c1ccc(C)c(NC(=O)CCCN(c2cccc([N+](=O)[O-])c2)S(C)(=O)=O)c1. The molecule has 166 valence electrons. The van der Waals surface area contributed by atoms with E-state index in [1.54, 1.807) is 19.1 Å². The average molecular weight is 449 g/mol. The fourth-order valence-electron chi connectivity index (χ4n) is 2.85. The smallest absolute Gasteiger partial charge is 0.337 e. The van der Waals surface area contributed by atoms with E-state index in [9.17, 15) is 28.1 Å². The summed E-state index contributed by atoms with van der Waals surface area (Å²) in [5.41, 5.74) is 1.41. The van der Waals surface area contributed by atoms with Crippen LogP contribution in [0.4, 0.5) is 17.1 Å². The van der Waals surface area contributed by atoms with E-state index < -0.39 is 20.9 Å². The lowest BCUT2D eigenvalue weighted by Gasteiger charge is -2.22. The van der Waals surface area contributed by atoms with Gasteiger partial charge in [-0.05, 0) is 37.1 Å². The lowest BCUT2D eigenvalue weighted by Crippen LogP contribution is -2.31. The highest BCUT2D eigenvalue weighted by atomic mass is 32.2. The first kappa shape index (κ1) is 23.8. The van der Waals surface area contributed by atoms with Crippen molar-refractivity contribution in [3.63, 3.8) is 0 Å². The molecule has 0 saturated carbocycles. The third-order valence-corrected chi connectivity index (χ3v) is 5.62. The summed E-state index contributed by atoms with van der Waals surface area (Å²) in [6.07, 6.45) is 1.17. The Balaban J connectivity index is 2.06. The van der Waals surface area contributed by atoms with Gasteiger partial charge < -0.3 is 10.1 Å². The Morgan fingerprint density at radius 3 is 2.52 bits per heavy atom. The molecule has 1 N–H and O–H groups in total. The summed E-state index contributed by atoms with van der Waals surface area (Å²) >= 11 is 0. The van der Waals surface area contributed by atoms with Gasteiger partial charge in [0.05, 0.1) is 29.5 Å². The first-order valence-corrected chi connectivity index (χ1v) is 11.1. The van der Waals surface area contributed by atoms with E-state index in [2.05, 4.69) is 10.1 Å². The van der Waals surface area contributed by atoms with Gasteiger partial charge in [0.15, 0.2) is 0 Å². The highest BCUT2D eigenvalue weighted by molar-refractivity contribution is 7.92. The van der Waals surface area contributed by atoms with E-state index in [1.807, 2.05) is 0 Å². The molecule has 1 amide bonds. The molecular weight excluding hydrogens is 426 g/mol. The van der Waals surface area contributed by atoms with Crippen molar-refractivity contribution in [3.05, 3.63) is 63.7 Å². The van der Waals surface area contributed by atoms with Gasteiger partial charge in [0, 0.05) is 30.8 Å². The van der Waals surface area contributed by atoms with Gasteiger partial charge in [-0.25, -0.2) is 13.2 Å². The second kappa shape index (κ2) is 10.0. The number of sulfonamides is 1. The van der Waals surface area contributed by atoms with E-state index in [1.165, 1.54) is 37.4 Å². The molecule has 0 aromatic heterocycles. The minimum absolute atomic E-state index is 0.00282. The van der Waals surface area contributed by atoms with Crippen LogP contribution in [0.2, 0.25) is 0 Å². The molecule has 0 fully saturated rings. The van der Waals surface area contributed by atoms with Crippen molar-refractivity contribution in [2.24, 2.45) is 0 Å². The van der Waals surface area contributed by atoms with Gasteiger partial charge in [0.25, 0.3) is 5.69 Å². The molecular formula is C20H23N3O7S. The number of non-ortho nitro benzene ring substituents is 1. The van der Waals surface area contributed by atoms with Crippen LogP contribution in [-0.2, 0) is 19.6 Å². The predicted molar refractivity (Wildman–Crippen MR) is 116 cm³/mol. The zero-order valence-electron chi connectivity index (χ0n) is 17.3. The number of aryl methyl sites for hydroxylation is 1. The van der Waals surface area contributed by atoms with Gasteiger partial charge in [-0.15, -0.1) is 0 Å². The summed E-state index contributed by atoms with van der Waals surface area (Å²) in [6.45, 7) is 1.74. The molecule has 10 nitrogen and oxygen atoms in total. The molecule has 0 saturated heterocycles. The number of nitrogens with zero attached hydrogens (tertiary/aromatic N) is 2. The number of carbonyl (C=O) groups is 2. The van der Waals surface area contributed by atoms with Crippen LogP contribution >= 0.6 is 0 Å². The molecule has 0 unspecified atom stereocenters. The Bertz CT molecular complexity index is 1100. The third kappa shape index (κ3) is 6.51. The number of nitro benzene ring substituents is 1. The monoisotopic (exact) mass is 449 g/mol. The summed E-state index contributed by atoms with van der Waals surface area (Å²) < 4.78 is 30.0. The van der Waals surface area contributed by atoms with Crippen molar-refractivity contribution in [1.82, 2.24) is 0 Å². The van der Waals surface area contributed by atoms with E-state index in [4.69, 9.17) is 0 Å². The third-order valence-electron chi connectivity index (χ3n) is 4.43. The van der Waals surface area contributed by atoms with Crippen LogP contribution in [-0.4, -0.2) is 45.1 Å². The molecule has 31 heavy (non-hydrogen) atoms. The summed E-state index contributed by atoms with van der Waals surface area (Å²) in [5, 5.41) is 13.7. The number of nitrogens with one attached hydrogen (secondary N) is 1. The number of benzene rings is 2. The number of hydrogen-bond donors (Lipinski definition) is 1. The van der Waals surface area contributed by atoms with Crippen LogP contribution < -0.4 is 9.62 Å². The Morgan fingerprint density at radius 1 is 1.19 bits per heavy atom. The number of methoxy groups -OCH3 is 1. The maximum Gasteiger partial charge on any atom is 0.337 e. The molecule has 0 aliphatic rings. The molecule has 2 aromatic rings. The highest BCUT2D eigenvalue weighted by Gasteiger charge is 2.20. The van der Waals surface area contributed by atoms with E-state index in [0.717, 1.165) is 16.1 Å². The number of nitro groups is 1. The van der Waals surface area contributed by atoms with Gasteiger partial charge in [-0.3, -0.25) is 19.2 Å². The van der Waals surface area contributed by atoms with Crippen molar-refractivity contribution in [2.45, 2.75) is 19.8 Å². The van der Waals surface area contributed by atoms with Crippen LogP contribution in [0.3, 0.4) is 0 Å². The summed E-state index contributed by atoms with van der Waals surface area (Å²) in [5.74, 6) is -0.895. The Labute approximate surface area is 180 Å². The predicted octanol–water partition coefficient (Wildman–Crippen LogP) is 2.87. The number of esters is 1. The molecule has 0 spiro atoms. The normalized spacial score (nSPS) is 10.9. The van der Waals surface area contributed by atoms with Gasteiger partial charge in [-0.2, -0.15) is 0 Å². The number of rotatable bonds is 9. The standard InChI is InChI=1S/C20H23N3O7S/c1-14-9-10-15(20(25)30-2)12-18(14)21-19(24)8-5-11-22(31(3,28)29)16-6-4-7-17(13-16)23(26)27/h4,6-7,9-10,12-13H,5,8,11H2,1-3H3,(H,21,24). The first-order chi connectivity index (χ1) is 14.5. The van der Waals surface area contributed by atoms with Crippen molar-refractivity contribution in [2.75, 3.05) is 29.5 Å². The molecule has 0 aliphatic carbocycles. The number of hydrogen-bond acceptors (Lipinski definition) is 7. The van der Waals surface area contributed by atoms with E-state index in [0.29, 0.717) is 5.69 Å². The number of amides is 1. The van der Waals surface area contributed by atoms with Gasteiger partial charge >= 0.3 is 5.97 Å². The number of carbonyl (C=O) groups excluding carboxylic acids is 2. The Kier molecular flexibility index (Phi) is 7.70. The molecule has 0 bridgehead atoms. The van der Waals surface area contributed by atoms with Crippen molar-refractivity contribution >= 4 is 39.0 Å². The Hall–Kier alpha value is -3.47. The molecule has 0 aliphatic heterocycles. The molecule has 0 atom stereocenters. The van der Waals surface area contributed by atoms with Crippen LogP contribution in [0, 0.1) is 17.0 Å². The zero-order valence-corrected chi connectivity index (χ0v) is 18.1. The Morgan fingerprint density at radius 2 is 1.90 bits per heavy atom. The molecule has 2 aromatic carbocycles. The van der Waals surface area contributed by atoms with Gasteiger partial charge in [-0.1, -0.05) is 12.1 Å².